The summed E-state index contributed by atoms with van der Waals surface area (Å²) >= 11 is 3.36. The zero-order chi connectivity index (χ0) is 17.3. The smallest absolute Gasteiger partial charge is 0.212 e. The van der Waals surface area contributed by atoms with E-state index in [1.165, 1.54) is 16.0 Å². The number of thiophene rings is 1. The Kier molecular flexibility index (Phi) is 3.88. The van der Waals surface area contributed by atoms with Gasteiger partial charge in [0, 0.05) is 0 Å². The van der Waals surface area contributed by atoms with Crippen molar-refractivity contribution in [1.29, 1.82) is 0 Å². The van der Waals surface area contributed by atoms with Gasteiger partial charge in [-0.05, 0) is 22.6 Å². The van der Waals surface area contributed by atoms with Crippen LogP contribution in [0.2, 0.25) is 0 Å². The van der Waals surface area contributed by atoms with E-state index >= 15 is 0 Å². The van der Waals surface area contributed by atoms with Crippen molar-refractivity contribution in [3.05, 3.63) is 101 Å². The van der Waals surface area contributed by atoms with Gasteiger partial charge in [0.05, 0.1) is 17.0 Å². The van der Waals surface area contributed by atoms with Crippen molar-refractivity contribution in [3.63, 3.8) is 0 Å². The molecule has 3 aromatic heterocycles. The first kappa shape index (κ1) is 15.5. The van der Waals surface area contributed by atoms with Crippen LogP contribution >= 0.6 is 22.7 Å². The van der Waals surface area contributed by atoms with Crippen LogP contribution in [0.25, 0.3) is 15.5 Å². The van der Waals surface area contributed by atoms with Gasteiger partial charge in [0.15, 0.2) is 0 Å². The van der Waals surface area contributed by atoms with Crippen LogP contribution in [-0.4, -0.2) is 14.6 Å². The average Bonchev–Trinajstić information content (AvgIpc) is 3.40. The molecule has 0 spiro atoms. The van der Waals surface area contributed by atoms with Gasteiger partial charge in [0.2, 0.25) is 4.96 Å². The van der Waals surface area contributed by atoms with E-state index in [0.29, 0.717) is 0 Å². The summed E-state index contributed by atoms with van der Waals surface area (Å²) in [6, 6.07) is 25.2. The third kappa shape index (κ3) is 2.75. The average molecular weight is 374 g/mol. The van der Waals surface area contributed by atoms with Gasteiger partial charge in [-0.2, -0.15) is 5.10 Å². The third-order valence-electron chi connectivity index (χ3n) is 4.35. The Morgan fingerprint density at radius 3 is 2.08 bits per heavy atom. The second-order valence-corrected chi connectivity index (χ2v) is 7.96. The lowest BCUT2D eigenvalue weighted by Crippen LogP contribution is -2.03. The molecule has 0 N–H and O–H groups in total. The SMILES string of the molecule is c1ccc(C(c2ccccc2)c2nn3cc(-c4cccs4)nc3s2)cc1. The van der Waals surface area contributed by atoms with E-state index < -0.39 is 0 Å². The molecule has 5 heteroatoms. The predicted octanol–water partition coefficient (Wildman–Crippen LogP) is 5.70. The molecular formula is C21H15N3S2. The van der Waals surface area contributed by atoms with Gasteiger partial charge < -0.3 is 0 Å². The minimum Gasteiger partial charge on any atom is -0.217 e. The van der Waals surface area contributed by atoms with Gasteiger partial charge >= 0.3 is 0 Å². The van der Waals surface area contributed by atoms with Crippen molar-refractivity contribution in [3.8, 4) is 10.6 Å². The minimum absolute atomic E-state index is 0.120. The van der Waals surface area contributed by atoms with Crippen molar-refractivity contribution in [2.75, 3.05) is 0 Å². The molecule has 126 valence electrons. The molecule has 3 nitrogen and oxygen atoms in total. The van der Waals surface area contributed by atoms with Gasteiger partial charge in [-0.15, -0.1) is 11.3 Å². The Bertz CT molecular complexity index is 1060. The van der Waals surface area contributed by atoms with E-state index in [-0.39, 0.29) is 5.92 Å². The third-order valence-corrected chi connectivity index (χ3v) is 6.22. The first-order chi connectivity index (χ1) is 12.9. The van der Waals surface area contributed by atoms with Crippen molar-refractivity contribution < 1.29 is 0 Å². The van der Waals surface area contributed by atoms with E-state index in [1.807, 2.05) is 28.9 Å². The summed E-state index contributed by atoms with van der Waals surface area (Å²) in [6.07, 6.45) is 2.02. The lowest BCUT2D eigenvalue weighted by molar-refractivity contribution is 0.865. The molecule has 0 fully saturated rings. The maximum Gasteiger partial charge on any atom is 0.212 e. The highest BCUT2D eigenvalue weighted by Gasteiger charge is 2.22. The zero-order valence-corrected chi connectivity index (χ0v) is 15.5. The molecule has 0 saturated heterocycles. The second kappa shape index (κ2) is 6.52. The van der Waals surface area contributed by atoms with Crippen LogP contribution in [0.5, 0.6) is 0 Å². The fraction of sp³-hybridized carbons (Fsp3) is 0.0476. The summed E-state index contributed by atoms with van der Waals surface area (Å²) < 4.78 is 1.91. The Labute approximate surface area is 159 Å². The highest BCUT2D eigenvalue weighted by Crippen LogP contribution is 2.35. The van der Waals surface area contributed by atoms with Crippen LogP contribution in [0.3, 0.4) is 0 Å². The summed E-state index contributed by atoms with van der Waals surface area (Å²) in [5.41, 5.74) is 3.48. The maximum atomic E-state index is 4.87. The number of fused-ring (bicyclic) bond motifs is 1. The molecular weight excluding hydrogens is 358 g/mol. The Morgan fingerprint density at radius 2 is 1.50 bits per heavy atom. The van der Waals surface area contributed by atoms with Crippen molar-refractivity contribution in [1.82, 2.24) is 14.6 Å². The normalized spacial score (nSPS) is 11.4. The molecule has 0 unspecified atom stereocenters. The molecule has 5 aromatic rings. The fourth-order valence-corrected chi connectivity index (χ4v) is 4.86. The minimum atomic E-state index is 0.120. The number of nitrogens with zero attached hydrogens (tertiary/aromatic N) is 3. The quantitative estimate of drug-likeness (QED) is 0.404. The molecule has 0 aliphatic rings. The second-order valence-electron chi connectivity index (χ2n) is 6.03. The van der Waals surface area contributed by atoms with Crippen molar-refractivity contribution in [2.45, 2.75) is 5.92 Å². The number of aromatic nitrogens is 3. The van der Waals surface area contributed by atoms with Crippen LogP contribution in [-0.2, 0) is 0 Å². The van der Waals surface area contributed by atoms with Gasteiger partial charge in [0.1, 0.15) is 10.7 Å². The maximum absolute atomic E-state index is 4.87. The van der Waals surface area contributed by atoms with Crippen molar-refractivity contribution >= 4 is 27.6 Å². The molecule has 2 aromatic carbocycles. The molecule has 0 radical (unpaired) electrons. The van der Waals surface area contributed by atoms with E-state index in [1.54, 1.807) is 22.7 Å². The molecule has 0 saturated carbocycles. The highest BCUT2D eigenvalue weighted by atomic mass is 32.1. The first-order valence-electron chi connectivity index (χ1n) is 8.38. The highest BCUT2D eigenvalue weighted by molar-refractivity contribution is 7.17. The molecule has 3 heterocycles. The molecule has 0 atom stereocenters. The topological polar surface area (TPSA) is 30.2 Å². The van der Waals surface area contributed by atoms with Crippen LogP contribution in [0.1, 0.15) is 22.1 Å². The molecule has 5 rings (SSSR count). The Hall–Kier alpha value is -2.76. The largest absolute Gasteiger partial charge is 0.217 e. The van der Waals surface area contributed by atoms with E-state index in [4.69, 9.17) is 10.1 Å². The van der Waals surface area contributed by atoms with Crippen LogP contribution in [0, 0.1) is 0 Å². The molecule has 0 amide bonds. The van der Waals surface area contributed by atoms with Gasteiger partial charge in [-0.3, -0.25) is 0 Å². The zero-order valence-electron chi connectivity index (χ0n) is 13.8. The lowest BCUT2D eigenvalue weighted by Gasteiger charge is -2.14. The summed E-state index contributed by atoms with van der Waals surface area (Å²) in [7, 11) is 0. The fourth-order valence-electron chi connectivity index (χ4n) is 3.14. The molecule has 0 aliphatic carbocycles. The summed E-state index contributed by atoms with van der Waals surface area (Å²) in [5, 5.41) is 8.00. The van der Waals surface area contributed by atoms with Gasteiger partial charge in [-0.25, -0.2) is 9.50 Å². The standard InChI is InChI=1S/C21H15N3S2/c1-3-8-15(9-4-1)19(16-10-5-2-6-11-16)20-23-24-14-17(22-21(24)26-20)18-12-7-13-25-18/h1-14,19H. The monoisotopic (exact) mass is 373 g/mol. The van der Waals surface area contributed by atoms with E-state index in [2.05, 4.69) is 60.0 Å². The lowest BCUT2D eigenvalue weighted by atomic mass is 9.92. The number of hydrogen-bond acceptors (Lipinski definition) is 4. The number of benzene rings is 2. The predicted molar refractivity (Wildman–Crippen MR) is 108 cm³/mol. The molecule has 0 bridgehead atoms. The molecule has 26 heavy (non-hydrogen) atoms. The van der Waals surface area contributed by atoms with Crippen LogP contribution < -0.4 is 0 Å². The summed E-state index contributed by atoms with van der Waals surface area (Å²) in [4.78, 5) is 6.88. The number of imidazole rings is 1. The Morgan fingerprint density at radius 1 is 0.808 bits per heavy atom. The van der Waals surface area contributed by atoms with Gasteiger partial charge in [0.25, 0.3) is 0 Å². The number of rotatable bonds is 4. The molecule has 0 aliphatic heterocycles. The summed E-state index contributed by atoms with van der Waals surface area (Å²) in [6.45, 7) is 0. The summed E-state index contributed by atoms with van der Waals surface area (Å²) in [5.74, 6) is 0.120. The van der Waals surface area contributed by atoms with Crippen molar-refractivity contribution in [2.24, 2.45) is 0 Å². The van der Waals surface area contributed by atoms with Crippen LogP contribution in [0.15, 0.2) is 84.4 Å². The van der Waals surface area contributed by atoms with Crippen LogP contribution in [0.4, 0.5) is 0 Å². The Balaban J connectivity index is 1.61. The van der Waals surface area contributed by atoms with E-state index in [9.17, 15) is 0 Å². The van der Waals surface area contributed by atoms with E-state index in [0.717, 1.165) is 15.7 Å². The number of hydrogen-bond donors (Lipinski definition) is 0. The first-order valence-corrected chi connectivity index (χ1v) is 10.1. The van der Waals surface area contributed by atoms with Gasteiger partial charge in [-0.1, -0.05) is 78.1 Å².